The second-order valence-electron chi connectivity index (χ2n) is 5.75. The van der Waals surface area contributed by atoms with Crippen LogP contribution in [-0.4, -0.2) is 71.7 Å². The van der Waals surface area contributed by atoms with Crippen LogP contribution >= 0.6 is 0 Å². The quantitative estimate of drug-likeness (QED) is 0.604. The molecule has 2 N–H and O–H groups in total. The molecule has 0 saturated carbocycles. The molecule has 0 spiro atoms. The minimum Gasteiger partial charge on any atom is -0.493 e. The Bertz CT molecular complexity index is 563. The molecule has 0 heterocycles. The van der Waals surface area contributed by atoms with Gasteiger partial charge in [-0.05, 0) is 17.7 Å². The van der Waals surface area contributed by atoms with Gasteiger partial charge in [0.1, 0.15) is 0 Å². The Morgan fingerprint density at radius 1 is 1.21 bits per heavy atom. The van der Waals surface area contributed by atoms with Crippen LogP contribution in [0, 0.1) is 0 Å². The van der Waals surface area contributed by atoms with E-state index < -0.39 is 0 Å². The van der Waals surface area contributed by atoms with Gasteiger partial charge < -0.3 is 24.6 Å². The molecular weight excluding hydrogens is 310 g/mol. The fourth-order valence-electron chi connectivity index (χ4n) is 2.26. The largest absolute Gasteiger partial charge is 0.493 e. The molecule has 1 atom stereocenters. The van der Waals surface area contributed by atoms with Crippen molar-refractivity contribution >= 4 is 11.8 Å². The van der Waals surface area contributed by atoms with Crippen LogP contribution in [0.1, 0.15) is 5.56 Å². The van der Waals surface area contributed by atoms with Gasteiger partial charge in [-0.1, -0.05) is 6.07 Å². The number of amides is 2. The predicted octanol–water partition coefficient (Wildman–Crippen LogP) is -1.03. The van der Waals surface area contributed by atoms with Crippen molar-refractivity contribution in [1.29, 1.82) is 0 Å². The molecular formula is C17H28N3O4+. The average Bonchev–Trinajstić information content (AvgIpc) is 2.59. The van der Waals surface area contributed by atoms with Gasteiger partial charge >= 0.3 is 0 Å². The van der Waals surface area contributed by atoms with Crippen LogP contribution < -0.4 is 19.7 Å². The van der Waals surface area contributed by atoms with Crippen molar-refractivity contribution in [3.05, 3.63) is 23.8 Å². The number of nitrogens with one attached hydrogen (secondary N) is 2. The van der Waals surface area contributed by atoms with Crippen molar-refractivity contribution < 1.29 is 24.0 Å². The summed E-state index contributed by atoms with van der Waals surface area (Å²) in [6.45, 7) is 1.23. The van der Waals surface area contributed by atoms with E-state index in [4.69, 9.17) is 9.47 Å². The SMILES string of the molecule is CNC(=O)CN(C)C(=O)C[NH+](C)CCc1ccc(OC)c(OC)c1. The van der Waals surface area contributed by atoms with Crippen LogP contribution in [0.5, 0.6) is 11.5 Å². The Labute approximate surface area is 143 Å². The fourth-order valence-corrected chi connectivity index (χ4v) is 2.26. The van der Waals surface area contributed by atoms with Gasteiger partial charge in [0.15, 0.2) is 18.0 Å². The van der Waals surface area contributed by atoms with Crippen molar-refractivity contribution in [2.75, 3.05) is 55.0 Å². The first-order valence-corrected chi connectivity index (χ1v) is 7.88. The highest BCUT2D eigenvalue weighted by atomic mass is 16.5. The van der Waals surface area contributed by atoms with Crippen molar-refractivity contribution in [2.24, 2.45) is 0 Å². The number of carbonyl (C=O) groups excluding carboxylic acids is 2. The summed E-state index contributed by atoms with van der Waals surface area (Å²) in [4.78, 5) is 25.9. The third-order valence-electron chi connectivity index (χ3n) is 3.83. The lowest BCUT2D eigenvalue weighted by atomic mass is 10.1. The number of ether oxygens (including phenoxy) is 2. The number of carbonyl (C=O) groups is 2. The number of hydrogen-bond acceptors (Lipinski definition) is 4. The highest BCUT2D eigenvalue weighted by Gasteiger charge is 2.16. The second-order valence-corrected chi connectivity index (χ2v) is 5.75. The van der Waals surface area contributed by atoms with Crippen LogP contribution in [0.3, 0.4) is 0 Å². The zero-order chi connectivity index (χ0) is 18.1. The van der Waals surface area contributed by atoms with E-state index in [2.05, 4.69) is 5.32 Å². The molecule has 1 rings (SSSR count). The fraction of sp³-hybridized carbons (Fsp3) is 0.529. The van der Waals surface area contributed by atoms with E-state index in [1.807, 2.05) is 25.2 Å². The monoisotopic (exact) mass is 338 g/mol. The van der Waals surface area contributed by atoms with E-state index in [0.29, 0.717) is 18.0 Å². The molecule has 0 radical (unpaired) electrons. The zero-order valence-corrected chi connectivity index (χ0v) is 15.1. The molecule has 7 nitrogen and oxygen atoms in total. The topological polar surface area (TPSA) is 72.3 Å². The molecule has 2 amide bonds. The van der Waals surface area contributed by atoms with E-state index in [-0.39, 0.29) is 18.4 Å². The second kappa shape index (κ2) is 9.77. The Morgan fingerprint density at radius 3 is 2.46 bits per heavy atom. The first-order valence-electron chi connectivity index (χ1n) is 7.88. The van der Waals surface area contributed by atoms with E-state index in [0.717, 1.165) is 23.4 Å². The summed E-state index contributed by atoms with van der Waals surface area (Å²) in [5.74, 6) is 1.18. The number of rotatable bonds is 9. The van der Waals surface area contributed by atoms with Gasteiger partial charge in [0.25, 0.3) is 5.91 Å². The Hall–Kier alpha value is -2.28. The van der Waals surface area contributed by atoms with Gasteiger partial charge in [-0.15, -0.1) is 0 Å². The van der Waals surface area contributed by atoms with Crippen LogP contribution in [-0.2, 0) is 16.0 Å². The number of benzene rings is 1. The zero-order valence-electron chi connectivity index (χ0n) is 15.1. The summed E-state index contributed by atoms with van der Waals surface area (Å²) in [6.07, 6.45) is 0.818. The van der Waals surface area contributed by atoms with Crippen LogP contribution in [0.2, 0.25) is 0 Å². The van der Waals surface area contributed by atoms with Crippen molar-refractivity contribution in [2.45, 2.75) is 6.42 Å². The summed E-state index contributed by atoms with van der Waals surface area (Å²) in [6, 6.07) is 5.82. The molecule has 24 heavy (non-hydrogen) atoms. The average molecular weight is 338 g/mol. The van der Waals surface area contributed by atoms with Gasteiger partial charge in [-0.25, -0.2) is 0 Å². The van der Waals surface area contributed by atoms with Crippen molar-refractivity contribution in [3.63, 3.8) is 0 Å². The molecule has 1 aromatic carbocycles. The first kappa shape index (κ1) is 19.8. The molecule has 0 aliphatic rings. The smallest absolute Gasteiger partial charge is 0.277 e. The predicted molar refractivity (Wildman–Crippen MR) is 91.6 cm³/mol. The molecule has 1 unspecified atom stereocenters. The number of hydrogen-bond donors (Lipinski definition) is 2. The van der Waals surface area contributed by atoms with Gasteiger partial charge in [0.2, 0.25) is 5.91 Å². The lowest BCUT2D eigenvalue weighted by Crippen LogP contribution is -3.10. The van der Waals surface area contributed by atoms with Crippen molar-refractivity contribution in [1.82, 2.24) is 10.2 Å². The Morgan fingerprint density at radius 2 is 1.88 bits per heavy atom. The molecule has 0 fully saturated rings. The maximum absolute atomic E-state index is 12.1. The van der Waals surface area contributed by atoms with E-state index in [1.54, 1.807) is 28.3 Å². The molecule has 0 aliphatic heterocycles. The highest BCUT2D eigenvalue weighted by Crippen LogP contribution is 2.27. The van der Waals surface area contributed by atoms with Crippen LogP contribution in [0.25, 0.3) is 0 Å². The molecule has 0 bridgehead atoms. The van der Waals surface area contributed by atoms with Gasteiger partial charge in [-0.3, -0.25) is 9.59 Å². The first-order chi connectivity index (χ1) is 11.4. The summed E-state index contributed by atoms with van der Waals surface area (Å²) >= 11 is 0. The molecule has 0 aromatic heterocycles. The van der Waals surface area contributed by atoms with Crippen molar-refractivity contribution in [3.8, 4) is 11.5 Å². The number of likely N-dealkylation sites (N-methyl/N-ethyl adjacent to an activating group) is 3. The maximum Gasteiger partial charge on any atom is 0.277 e. The molecule has 0 saturated heterocycles. The minimum absolute atomic E-state index is 0.0524. The van der Waals surface area contributed by atoms with Gasteiger partial charge in [-0.2, -0.15) is 0 Å². The number of nitrogens with zero attached hydrogens (tertiary/aromatic N) is 1. The van der Waals surface area contributed by atoms with Gasteiger partial charge in [0, 0.05) is 20.5 Å². The van der Waals surface area contributed by atoms with E-state index in [1.165, 1.54) is 4.90 Å². The lowest BCUT2D eigenvalue weighted by molar-refractivity contribution is -0.871. The van der Waals surface area contributed by atoms with Crippen LogP contribution in [0.4, 0.5) is 0 Å². The summed E-state index contributed by atoms with van der Waals surface area (Å²) in [7, 11) is 8.38. The standard InChI is InChI=1S/C17H27N3O4/c1-18-16(21)11-20(3)17(22)12-19(2)9-8-13-6-7-14(23-4)15(10-13)24-5/h6-7,10H,8-9,11-12H2,1-5H3,(H,18,21)/p+1. The molecule has 1 aromatic rings. The van der Waals surface area contributed by atoms with E-state index in [9.17, 15) is 9.59 Å². The molecule has 0 aliphatic carbocycles. The van der Waals surface area contributed by atoms with Gasteiger partial charge in [0.05, 0.1) is 34.4 Å². The summed E-state index contributed by atoms with van der Waals surface area (Å²) in [5, 5.41) is 2.51. The Balaban J connectivity index is 2.49. The highest BCUT2D eigenvalue weighted by molar-refractivity contribution is 5.84. The lowest BCUT2D eigenvalue weighted by Gasteiger charge is -2.19. The Kier molecular flexibility index (Phi) is 8.05. The van der Waals surface area contributed by atoms with Crippen LogP contribution in [0.15, 0.2) is 18.2 Å². The molecule has 134 valence electrons. The third-order valence-corrected chi connectivity index (χ3v) is 3.83. The number of methoxy groups -OCH3 is 2. The summed E-state index contributed by atoms with van der Waals surface area (Å²) < 4.78 is 10.5. The number of quaternary nitrogens is 1. The maximum atomic E-state index is 12.1. The molecule has 7 heteroatoms. The van der Waals surface area contributed by atoms with E-state index >= 15 is 0 Å². The summed E-state index contributed by atoms with van der Waals surface area (Å²) in [5.41, 5.74) is 1.12. The third kappa shape index (κ3) is 6.08. The minimum atomic E-state index is -0.172. The normalized spacial score (nSPS) is 11.5.